The molecule has 0 aliphatic carbocycles. The number of amides is 1. The summed E-state index contributed by atoms with van der Waals surface area (Å²) in [5, 5.41) is 6.83. The smallest absolute Gasteiger partial charge is 0.298 e. The molecule has 3 heterocycles. The number of benzene rings is 2. The summed E-state index contributed by atoms with van der Waals surface area (Å²) in [6.07, 6.45) is 2.46. The summed E-state index contributed by atoms with van der Waals surface area (Å²) >= 11 is 0. The van der Waals surface area contributed by atoms with E-state index in [2.05, 4.69) is 22.0 Å². The van der Waals surface area contributed by atoms with E-state index in [1.807, 2.05) is 10.8 Å². The summed E-state index contributed by atoms with van der Waals surface area (Å²) < 4.78 is 35.1. The molecule has 1 saturated heterocycles. The van der Waals surface area contributed by atoms with Crippen LogP contribution >= 0.6 is 12.4 Å². The lowest BCUT2D eigenvalue weighted by molar-refractivity contribution is -0.124. The third-order valence-corrected chi connectivity index (χ3v) is 6.16. The Morgan fingerprint density at radius 2 is 1.89 bits per heavy atom. The van der Waals surface area contributed by atoms with Crippen LogP contribution in [0, 0.1) is 23.5 Å². The lowest BCUT2D eigenvalue weighted by Gasteiger charge is -2.15. The number of anilines is 1. The van der Waals surface area contributed by atoms with E-state index < -0.39 is 22.9 Å². The van der Waals surface area contributed by atoms with Crippen LogP contribution in [0.2, 0.25) is 0 Å². The number of nitrogens with two attached hydrogens (primary N) is 1. The number of aromatic nitrogens is 3. The van der Waals surface area contributed by atoms with Crippen LogP contribution in [0.25, 0.3) is 22.0 Å². The van der Waals surface area contributed by atoms with E-state index in [-0.39, 0.29) is 35.9 Å². The zero-order chi connectivity index (χ0) is 25.4. The molecule has 5 rings (SSSR count). The minimum absolute atomic E-state index is 0. The van der Waals surface area contributed by atoms with E-state index in [0.717, 1.165) is 12.1 Å². The molecule has 0 spiro atoms. The maximum Gasteiger partial charge on any atom is 0.298 e. The van der Waals surface area contributed by atoms with Crippen LogP contribution in [-0.2, 0) is 4.79 Å². The van der Waals surface area contributed by atoms with Gasteiger partial charge < -0.3 is 19.9 Å². The topological polar surface area (TPSA) is 106 Å². The first kappa shape index (κ1) is 25.7. The Balaban J connectivity index is 0.00000320. The second kappa shape index (κ2) is 10.3. The molecule has 1 fully saturated rings. The number of hydrogen-bond donors (Lipinski definition) is 2. The number of halogens is 3. The number of likely N-dealkylation sites (tertiary alicyclic amines) is 1. The average molecular weight is 526 g/mol. The molecule has 1 aliphatic rings. The Bertz CT molecular complexity index is 1580. The molecule has 3 N–H and O–H groups in total. The number of carbonyl (C=O) groups excluding carboxylic acids is 1. The van der Waals surface area contributed by atoms with Crippen molar-refractivity contribution in [2.45, 2.75) is 19.4 Å². The van der Waals surface area contributed by atoms with Crippen LogP contribution in [0.3, 0.4) is 0 Å². The number of nitrogens with one attached hydrogen (secondary N) is 1. The first-order chi connectivity index (χ1) is 17.4. The second-order valence-corrected chi connectivity index (χ2v) is 8.36. The highest BCUT2D eigenvalue weighted by Gasteiger charge is 2.29. The fourth-order valence-corrected chi connectivity index (χ4v) is 4.48. The van der Waals surface area contributed by atoms with E-state index in [1.54, 1.807) is 36.1 Å². The molecule has 190 valence electrons. The molecular formula is C26H22ClF2N5O3. The number of rotatable bonds is 4. The highest BCUT2D eigenvalue weighted by Crippen LogP contribution is 2.37. The van der Waals surface area contributed by atoms with E-state index in [9.17, 15) is 18.4 Å². The molecule has 2 aromatic carbocycles. The summed E-state index contributed by atoms with van der Waals surface area (Å²) in [5.41, 5.74) is 7.47. The number of aromatic amines is 1. The van der Waals surface area contributed by atoms with Gasteiger partial charge in [-0.15, -0.1) is 12.4 Å². The van der Waals surface area contributed by atoms with Gasteiger partial charge in [0, 0.05) is 24.8 Å². The number of nitrogens with zero attached hydrogens (tertiary/aromatic N) is 3. The number of ether oxygens (including phenoxy) is 1. The van der Waals surface area contributed by atoms with Crippen LogP contribution in [0.15, 0.2) is 53.5 Å². The van der Waals surface area contributed by atoms with Gasteiger partial charge in [-0.1, -0.05) is 24.1 Å². The molecule has 1 amide bonds. The number of H-pyrrole nitrogens is 1. The zero-order valence-corrected chi connectivity index (χ0v) is 20.4. The van der Waals surface area contributed by atoms with Crippen LogP contribution in [0.4, 0.5) is 14.6 Å². The van der Waals surface area contributed by atoms with Crippen LogP contribution in [-0.4, -0.2) is 38.7 Å². The first-order valence-electron chi connectivity index (χ1n) is 11.2. The number of para-hydroxylation sites is 1. The van der Waals surface area contributed by atoms with E-state index in [1.165, 1.54) is 6.07 Å². The molecular weight excluding hydrogens is 504 g/mol. The highest BCUT2D eigenvalue weighted by molar-refractivity contribution is 6.02. The van der Waals surface area contributed by atoms with Gasteiger partial charge >= 0.3 is 0 Å². The van der Waals surface area contributed by atoms with Gasteiger partial charge in [0.05, 0.1) is 11.4 Å². The molecule has 0 saturated carbocycles. The fourth-order valence-electron chi connectivity index (χ4n) is 4.48. The minimum atomic E-state index is -0.811. The summed E-state index contributed by atoms with van der Waals surface area (Å²) in [7, 11) is 0. The van der Waals surface area contributed by atoms with Gasteiger partial charge in [-0.05, 0) is 49.1 Å². The number of fused-ring (bicyclic) bond motifs is 1. The van der Waals surface area contributed by atoms with Gasteiger partial charge in [0.2, 0.25) is 0 Å². The average Bonchev–Trinajstić information content (AvgIpc) is 3.51. The third kappa shape index (κ3) is 4.73. The zero-order valence-electron chi connectivity index (χ0n) is 19.6. The lowest BCUT2D eigenvalue weighted by atomic mass is 10.1. The van der Waals surface area contributed by atoms with Crippen molar-refractivity contribution in [3.63, 3.8) is 0 Å². The summed E-state index contributed by atoms with van der Waals surface area (Å²) in [6, 6.07) is 9.88. The molecule has 1 unspecified atom stereocenters. The van der Waals surface area contributed by atoms with Gasteiger partial charge in [-0.25, -0.2) is 13.9 Å². The van der Waals surface area contributed by atoms with Crippen LogP contribution < -0.4 is 16.0 Å². The number of hydrogen-bond acceptors (Lipinski definition) is 5. The predicted molar refractivity (Wildman–Crippen MR) is 138 cm³/mol. The number of carbonyl (C=O) groups is 1. The van der Waals surface area contributed by atoms with Crippen molar-refractivity contribution in [2.75, 3.05) is 18.8 Å². The summed E-state index contributed by atoms with van der Waals surface area (Å²) in [5.74, 6) is 3.18. The molecule has 1 aliphatic heterocycles. The first-order valence-corrected chi connectivity index (χ1v) is 11.2. The van der Waals surface area contributed by atoms with Crippen molar-refractivity contribution in [1.29, 1.82) is 0 Å². The van der Waals surface area contributed by atoms with Gasteiger partial charge in [0.15, 0.2) is 23.2 Å². The molecule has 4 aromatic rings. The molecule has 0 bridgehead atoms. The van der Waals surface area contributed by atoms with Crippen LogP contribution in [0.5, 0.6) is 11.5 Å². The summed E-state index contributed by atoms with van der Waals surface area (Å²) in [4.78, 5) is 26.7. The largest absolute Gasteiger partial charge is 0.451 e. The quantitative estimate of drug-likeness (QED) is 0.387. The van der Waals surface area contributed by atoms with Crippen molar-refractivity contribution in [3.05, 3.63) is 70.6 Å². The van der Waals surface area contributed by atoms with Gasteiger partial charge in [0.1, 0.15) is 11.3 Å². The Hall–Kier alpha value is -4.36. The third-order valence-electron chi connectivity index (χ3n) is 6.16. The van der Waals surface area contributed by atoms with Gasteiger partial charge in [0.25, 0.3) is 11.5 Å². The van der Waals surface area contributed by atoms with E-state index in [0.29, 0.717) is 41.5 Å². The van der Waals surface area contributed by atoms with Gasteiger partial charge in [-0.2, -0.15) is 5.10 Å². The van der Waals surface area contributed by atoms with Crippen molar-refractivity contribution < 1.29 is 18.3 Å². The normalized spacial score (nSPS) is 14.7. The maximum absolute atomic E-state index is 14.0. The lowest BCUT2D eigenvalue weighted by Crippen LogP contribution is -2.28. The highest BCUT2D eigenvalue weighted by atomic mass is 35.5. The minimum Gasteiger partial charge on any atom is -0.451 e. The maximum atomic E-state index is 14.0. The SMILES string of the molecule is CC#CC(=O)N1CCC(n2cc(-c3ccc(Oc4c(F)cccc4F)cc3)c3c(N)n[nH]c(=O)c32)C1.Cl. The molecule has 8 nitrogen and oxygen atoms in total. The molecule has 1 atom stereocenters. The Morgan fingerprint density at radius 1 is 1.19 bits per heavy atom. The molecule has 11 heteroatoms. The fraction of sp³-hybridized carbons (Fsp3) is 0.192. The Kier molecular flexibility index (Phi) is 7.18. The molecule has 37 heavy (non-hydrogen) atoms. The summed E-state index contributed by atoms with van der Waals surface area (Å²) in [6.45, 7) is 2.53. The Labute approximate surface area is 216 Å². The van der Waals surface area contributed by atoms with Crippen molar-refractivity contribution >= 4 is 35.0 Å². The van der Waals surface area contributed by atoms with E-state index >= 15 is 0 Å². The standard InChI is InChI=1S/C26H21F2N5O3.ClH/c1-2-4-21(34)32-12-11-16(13-32)33-14-18(22-23(33)26(35)31-30-25(22)29)15-7-9-17(10-8-15)36-24-19(27)5-3-6-20(24)28;/h3,5-10,14,16H,11-13H2,1H3,(H2,29,30)(H,31,35);1H. The van der Waals surface area contributed by atoms with Crippen LogP contribution in [0.1, 0.15) is 19.4 Å². The molecule has 2 aromatic heterocycles. The molecule has 0 radical (unpaired) electrons. The monoisotopic (exact) mass is 525 g/mol. The Morgan fingerprint density at radius 3 is 2.57 bits per heavy atom. The second-order valence-electron chi connectivity index (χ2n) is 8.36. The number of nitrogen functional groups attached to an aromatic ring is 1. The van der Waals surface area contributed by atoms with Gasteiger partial charge in [-0.3, -0.25) is 9.59 Å². The van der Waals surface area contributed by atoms with E-state index in [4.69, 9.17) is 10.5 Å². The van der Waals surface area contributed by atoms with Crippen molar-refractivity contribution in [2.24, 2.45) is 0 Å². The van der Waals surface area contributed by atoms with Crippen molar-refractivity contribution in [3.8, 4) is 34.5 Å². The predicted octanol–water partition coefficient (Wildman–Crippen LogP) is 4.26. The van der Waals surface area contributed by atoms with Crippen molar-refractivity contribution in [1.82, 2.24) is 19.7 Å².